The average molecular weight is 382 g/mol. The molecule has 0 radical (unpaired) electrons. The maximum Gasteiger partial charge on any atom is 0.387 e. The summed E-state index contributed by atoms with van der Waals surface area (Å²) in [4.78, 5) is 4.52. The second-order valence-corrected chi connectivity index (χ2v) is 7.10. The van der Waals surface area contributed by atoms with Gasteiger partial charge < -0.3 is 9.47 Å². The minimum absolute atomic E-state index is 0.0463. The summed E-state index contributed by atoms with van der Waals surface area (Å²) in [5.41, 5.74) is 1.33. The van der Waals surface area contributed by atoms with Crippen LogP contribution in [0.4, 0.5) is 8.78 Å². The molecule has 0 fully saturated rings. The van der Waals surface area contributed by atoms with Crippen molar-refractivity contribution in [1.82, 2.24) is 4.72 Å². The Morgan fingerprint density at radius 3 is 2.65 bits per heavy atom. The molecule has 1 aliphatic rings. The molecular weight excluding hydrogens is 366 g/mol. The number of benzene rings is 2. The second kappa shape index (κ2) is 7.28. The minimum atomic E-state index is -3.57. The highest BCUT2D eigenvalue weighted by atomic mass is 32.2. The van der Waals surface area contributed by atoms with E-state index in [2.05, 4.69) is 14.5 Å². The Morgan fingerprint density at radius 2 is 1.92 bits per heavy atom. The van der Waals surface area contributed by atoms with Crippen molar-refractivity contribution in [3.8, 4) is 11.5 Å². The molecule has 0 bridgehead atoms. The lowest BCUT2D eigenvalue weighted by Crippen LogP contribution is -2.22. The first kappa shape index (κ1) is 18.1. The van der Waals surface area contributed by atoms with Gasteiger partial charge in [-0.2, -0.15) is 8.78 Å². The maximum atomic E-state index is 12.3. The molecular formula is C17H16F2N2O4S. The number of rotatable bonds is 6. The number of halogens is 2. The smallest absolute Gasteiger partial charge is 0.387 e. The molecule has 0 atom stereocenters. The summed E-state index contributed by atoms with van der Waals surface area (Å²) in [6.07, 6.45) is 0.471. The van der Waals surface area contributed by atoms with Gasteiger partial charge in [0.25, 0.3) is 10.0 Å². The van der Waals surface area contributed by atoms with E-state index >= 15 is 0 Å². The van der Waals surface area contributed by atoms with Crippen LogP contribution in [0.5, 0.6) is 11.5 Å². The van der Waals surface area contributed by atoms with Gasteiger partial charge in [0.05, 0.1) is 12.0 Å². The summed E-state index contributed by atoms with van der Waals surface area (Å²) in [6.45, 7) is -2.62. The molecule has 2 aromatic rings. The first-order valence-corrected chi connectivity index (χ1v) is 9.17. The Hall–Kier alpha value is -2.68. The Balaban J connectivity index is 1.73. The quantitative estimate of drug-likeness (QED) is 0.833. The van der Waals surface area contributed by atoms with Gasteiger partial charge in [0.15, 0.2) is 11.5 Å². The van der Waals surface area contributed by atoms with Crippen molar-refractivity contribution in [3.63, 3.8) is 0 Å². The van der Waals surface area contributed by atoms with Crippen molar-refractivity contribution in [1.29, 1.82) is 0 Å². The van der Waals surface area contributed by atoms with E-state index in [-0.39, 0.29) is 16.4 Å². The molecule has 6 nitrogen and oxygen atoms in total. The van der Waals surface area contributed by atoms with E-state index in [1.807, 2.05) is 0 Å². The number of nitrogens with zero attached hydrogens (tertiary/aromatic N) is 1. The number of methoxy groups -OCH3 is 1. The van der Waals surface area contributed by atoms with Crippen LogP contribution in [0.15, 0.2) is 52.4 Å². The lowest BCUT2D eigenvalue weighted by molar-refractivity contribution is -0.0512. The number of nitrogens with one attached hydrogen (secondary N) is 1. The number of alkyl halides is 2. The van der Waals surface area contributed by atoms with Crippen LogP contribution in [0.2, 0.25) is 0 Å². The summed E-state index contributed by atoms with van der Waals surface area (Å²) >= 11 is 0. The zero-order chi connectivity index (χ0) is 18.7. The molecule has 1 aliphatic heterocycles. The van der Waals surface area contributed by atoms with Gasteiger partial charge in [0.2, 0.25) is 0 Å². The van der Waals surface area contributed by atoms with Crippen LogP contribution in [0, 0.1) is 0 Å². The van der Waals surface area contributed by atoms with Crippen molar-refractivity contribution in [3.05, 3.63) is 53.6 Å². The predicted octanol–water partition coefficient (Wildman–Crippen LogP) is 2.58. The molecule has 0 unspecified atom stereocenters. The molecule has 9 heteroatoms. The Labute approximate surface area is 149 Å². The lowest BCUT2D eigenvalue weighted by Gasteiger charge is -2.11. The molecule has 26 heavy (non-hydrogen) atoms. The Kier molecular flexibility index (Phi) is 5.08. The van der Waals surface area contributed by atoms with Crippen LogP contribution in [0.3, 0.4) is 0 Å². The summed E-state index contributed by atoms with van der Waals surface area (Å²) in [5, 5.41) is 0. The molecule has 0 aliphatic carbocycles. The Morgan fingerprint density at radius 1 is 1.15 bits per heavy atom. The molecule has 1 heterocycles. The van der Waals surface area contributed by atoms with Gasteiger partial charge >= 0.3 is 6.61 Å². The van der Waals surface area contributed by atoms with Crippen molar-refractivity contribution in [2.24, 2.45) is 4.99 Å². The zero-order valence-electron chi connectivity index (χ0n) is 13.8. The zero-order valence-corrected chi connectivity index (χ0v) is 14.6. The van der Waals surface area contributed by atoms with E-state index in [4.69, 9.17) is 4.74 Å². The Bertz CT molecular complexity index is 946. The highest BCUT2D eigenvalue weighted by molar-refractivity contribution is 7.90. The lowest BCUT2D eigenvalue weighted by atomic mass is 10.1. The van der Waals surface area contributed by atoms with E-state index in [0.717, 1.165) is 5.56 Å². The highest BCUT2D eigenvalue weighted by Gasteiger charge is 2.29. The minimum Gasteiger partial charge on any atom is -0.493 e. The monoisotopic (exact) mass is 382 g/mol. The van der Waals surface area contributed by atoms with E-state index in [0.29, 0.717) is 24.4 Å². The van der Waals surface area contributed by atoms with Gasteiger partial charge in [-0.05, 0) is 36.2 Å². The molecule has 0 saturated heterocycles. The van der Waals surface area contributed by atoms with Gasteiger partial charge in [-0.15, -0.1) is 0 Å². The molecule has 3 rings (SSSR count). The SMILES string of the molecule is COc1cc(CCN=C2NS(=O)(=O)c3ccccc32)ccc1OC(F)F. The van der Waals surface area contributed by atoms with Crippen molar-refractivity contribution in [2.75, 3.05) is 13.7 Å². The third-order valence-electron chi connectivity index (χ3n) is 3.78. The van der Waals surface area contributed by atoms with E-state index in [9.17, 15) is 17.2 Å². The van der Waals surface area contributed by atoms with Crippen LogP contribution < -0.4 is 14.2 Å². The summed E-state index contributed by atoms with van der Waals surface area (Å²) in [6, 6.07) is 11.2. The van der Waals surface area contributed by atoms with E-state index in [1.165, 1.54) is 19.2 Å². The molecule has 0 amide bonds. The number of amidine groups is 1. The predicted molar refractivity (Wildman–Crippen MR) is 91.5 cm³/mol. The molecule has 138 valence electrons. The largest absolute Gasteiger partial charge is 0.493 e. The number of sulfonamides is 1. The van der Waals surface area contributed by atoms with Crippen molar-refractivity contribution in [2.45, 2.75) is 17.9 Å². The molecule has 0 saturated carbocycles. The molecule has 1 N–H and O–H groups in total. The van der Waals surface area contributed by atoms with E-state index in [1.54, 1.807) is 30.3 Å². The summed E-state index contributed by atoms with van der Waals surface area (Å²) in [7, 11) is -2.20. The van der Waals surface area contributed by atoms with Gasteiger partial charge in [-0.25, -0.2) is 8.42 Å². The highest BCUT2D eigenvalue weighted by Crippen LogP contribution is 2.29. The van der Waals surface area contributed by atoms with E-state index < -0.39 is 16.6 Å². The number of aliphatic imine (C=N–C) groups is 1. The fourth-order valence-electron chi connectivity index (χ4n) is 2.61. The fourth-order valence-corrected chi connectivity index (χ4v) is 3.86. The molecule has 0 spiro atoms. The number of ether oxygens (including phenoxy) is 2. The van der Waals surface area contributed by atoms with Crippen LogP contribution in [0.25, 0.3) is 0 Å². The van der Waals surface area contributed by atoms with Crippen LogP contribution >= 0.6 is 0 Å². The normalized spacial score (nSPS) is 16.4. The molecule has 0 aromatic heterocycles. The van der Waals surface area contributed by atoms with Crippen LogP contribution in [-0.2, 0) is 16.4 Å². The topological polar surface area (TPSA) is 77.0 Å². The second-order valence-electron chi connectivity index (χ2n) is 5.45. The van der Waals surface area contributed by atoms with Crippen LogP contribution in [-0.4, -0.2) is 34.5 Å². The first-order valence-electron chi connectivity index (χ1n) is 7.69. The number of fused-ring (bicyclic) bond motifs is 1. The first-order chi connectivity index (χ1) is 12.4. The number of hydrogen-bond acceptors (Lipinski definition) is 5. The fraction of sp³-hybridized carbons (Fsp3) is 0.235. The average Bonchev–Trinajstić information content (AvgIpc) is 2.87. The van der Waals surface area contributed by atoms with Gasteiger partial charge in [0.1, 0.15) is 5.84 Å². The van der Waals surface area contributed by atoms with Gasteiger partial charge in [-0.3, -0.25) is 9.71 Å². The standard InChI is InChI=1S/C17H16F2N2O4S/c1-24-14-10-11(6-7-13(14)25-17(18)19)8-9-20-16-12-4-2-3-5-15(12)26(22,23)21-16/h2-7,10,17H,8-9H2,1H3,(H,20,21). The number of hydrogen-bond donors (Lipinski definition) is 1. The van der Waals surface area contributed by atoms with Crippen LogP contribution in [0.1, 0.15) is 11.1 Å². The third kappa shape index (κ3) is 3.77. The van der Waals surface area contributed by atoms with Gasteiger partial charge in [0, 0.05) is 12.1 Å². The van der Waals surface area contributed by atoms with Crippen molar-refractivity contribution >= 4 is 15.9 Å². The summed E-state index contributed by atoms with van der Waals surface area (Å²) in [5.74, 6) is 0.447. The summed E-state index contributed by atoms with van der Waals surface area (Å²) < 4.78 is 60.6. The third-order valence-corrected chi connectivity index (χ3v) is 5.17. The van der Waals surface area contributed by atoms with Gasteiger partial charge in [-0.1, -0.05) is 18.2 Å². The maximum absolute atomic E-state index is 12.3. The molecule has 2 aromatic carbocycles. The van der Waals surface area contributed by atoms with Crippen molar-refractivity contribution < 1.29 is 26.7 Å².